The number of nitrogens with zero attached hydrogens (tertiary/aromatic N) is 1. The lowest BCUT2D eigenvalue weighted by Gasteiger charge is -2.33. The monoisotopic (exact) mass is 309 g/mol. The van der Waals surface area contributed by atoms with Crippen LogP contribution in [-0.4, -0.2) is 28.4 Å². The van der Waals surface area contributed by atoms with Gasteiger partial charge in [-0.3, -0.25) is 9.59 Å². The van der Waals surface area contributed by atoms with Gasteiger partial charge in [-0.05, 0) is 36.1 Å². The van der Waals surface area contributed by atoms with E-state index in [1.165, 1.54) is 0 Å². The third-order valence-electron chi connectivity index (χ3n) is 4.47. The van der Waals surface area contributed by atoms with E-state index in [4.69, 9.17) is 0 Å². The molecule has 2 aromatic rings. The molecule has 4 heteroatoms. The number of hydrogen-bond acceptors (Lipinski definition) is 2. The van der Waals surface area contributed by atoms with Crippen LogP contribution in [0.1, 0.15) is 38.5 Å². The van der Waals surface area contributed by atoms with Gasteiger partial charge in [-0.15, -0.1) is 0 Å². The molecule has 0 saturated heterocycles. The molecule has 1 unspecified atom stereocenters. The normalized spacial score (nSPS) is 16.8. The Hall–Kier alpha value is -2.62. The molecule has 0 aromatic heterocycles. The summed E-state index contributed by atoms with van der Waals surface area (Å²) in [7, 11) is 0. The van der Waals surface area contributed by atoms with E-state index in [0.717, 1.165) is 22.3 Å². The van der Waals surface area contributed by atoms with Gasteiger partial charge in [0.25, 0.3) is 5.91 Å². The quantitative estimate of drug-likeness (QED) is 0.927. The molecule has 0 aliphatic carbocycles. The minimum absolute atomic E-state index is 0.0960. The van der Waals surface area contributed by atoms with Crippen LogP contribution in [0.4, 0.5) is 0 Å². The highest BCUT2D eigenvalue weighted by Crippen LogP contribution is 2.30. The fraction of sp³-hybridized carbons (Fsp3) is 0.263. The molecular weight excluding hydrogens is 290 g/mol. The number of carbonyl (C=O) groups excluding carboxylic acids is 1. The molecule has 118 valence electrons. The lowest BCUT2D eigenvalue weighted by molar-refractivity contribution is -0.139. The van der Waals surface area contributed by atoms with Crippen LogP contribution in [0.2, 0.25) is 0 Å². The SMILES string of the molecule is Cc1cccc(C)c1C(=O)N1Cc2ccccc2C(C(=O)O)C1. The first kappa shape index (κ1) is 15.3. The van der Waals surface area contributed by atoms with E-state index in [1.807, 2.05) is 56.3 Å². The number of rotatable bonds is 2. The van der Waals surface area contributed by atoms with Crippen molar-refractivity contribution in [2.75, 3.05) is 6.54 Å². The summed E-state index contributed by atoms with van der Waals surface area (Å²) in [5.41, 5.74) is 4.23. The van der Waals surface area contributed by atoms with Gasteiger partial charge >= 0.3 is 5.97 Å². The molecule has 23 heavy (non-hydrogen) atoms. The number of aliphatic carboxylic acids is 1. The molecule has 0 radical (unpaired) electrons. The predicted molar refractivity (Wildman–Crippen MR) is 87.5 cm³/mol. The van der Waals surface area contributed by atoms with E-state index >= 15 is 0 Å². The Balaban J connectivity index is 1.99. The van der Waals surface area contributed by atoms with Crippen molar-refractivity contribution in [3.8, 4) is 0 Å². The fourth-order valence-corrected chi connectivity index (χ4v) is 3.28. The number of fused-ring (bicyclic) bond motifs is 1. The molecule has 0 bridgehead atoms. The second kappa shape index (κ2) is 5.88. The van der Waals surface area contributed by atoms with Gasteiger partial charge in [-0.2, -0.15) is 0 Å². The van der Waals surface area contributed by atoms with E-state index in [-0.39, 0.29) is 12.5 Å². The lowest BCUT2D eigenvalue weighted by Crippen LogP contribution is -2.41. The topological polar surface area (TPSA) is 57.6 Å². The molecule has 1 amide bonds. The maximum absolute atomic E-state index is 13.0. The Morgan fingerprint density at radius 1 is 1.04 bits per heavy atom. The molecule has 1 aliphatic rings. The number of carboxylic acids is 1. The van der Waals surface area contributed by atoms with Gasteiger partial charge in [-0.25, -0.2) is 0 Å². The second-order valence-electron chi connectivity index (χ2n) is 6.04. The van der Waals surface area contributed by atoms with Crippen LogP contribution in [0.25, 0.3) is 0 Å². The summed E-state index contributed by atoms with van der Waals surface area (Å²) >= 11 is 0. The first-order valence-corrected chi connectivity index (χ1v) is 7.65. The van der Waals surface area contributed by atoms with Crippen LogP contribution in [0.5, 0.6) is 0 Å². The smallest absolute Gasteiger partial charge is 0.312 e. The van der Waals surface area contributed by atoms with Crippen molar-refractivity contribution in [1.82, 2.24) is 4.90 Å². The molecule has 1 atom stereocenters. The van der Waals surface area contributed by atoms with Crippen LogP contribution < -0.4 is 0 Å². The van der Waals surface area contributed by atoms with E-state index in [2.05, 4.69) is 0 Å². The van der Waals surface area contributed by atoms with Gasteiger partial charge in [0.2, 0.25) is 0 Å². The summed E-state index contributed by atoms with van der Waals surface area (Å²) in [5.74, 6) is -1.66. The van der Waals surface area contributed by atoms with E-state index < -0.39 is 11.9 Å². The summed E-state index contributed by atoms with van der Waals surface area (Å²) < 4.78 is 0. The predicted octanol–water partition coefficient (Wildman–Crippen LogP) is 3.13. The summed E-state index contributed by atoms with van der Waals surface area (Å²) in [6.45, 7) is 4.48. The minimum atomic E-state index is -0.892. The van der Waals surface area contributed by atoms with Crippen LogP contribution in [-0.2, 0) is 11.3 Å². The number of aryl methyl sites for hydroxylation is 2. The maximum Gasteiger partial charge on any atom is 0.312 e. The average Bonchev–Trinajstić information content (AvgIpc) is 2.53. The third kappa shape index (κ3) is 2.72. The average molecular weight is 309 g/mol. The van der Waals surface area contributed by atoms with Crippen molar-refractivity contribution < 1.29 is 14.7 Å². The van der Waals surface area contributed by atoms with Gasteiger partial charge in [0.05, 0.1) is 5.92 Å². The number of hydrogen-bond donors (Lipinski definition) is 1. The Kier molecular flexibility index (Phi) is 3.90. The largest absolute Gasteiger partial charge is 0.481 e. The van der Waals surface area contributed by atoms with Crippen molar-refractivity contribution in [1.29, 1.82) is 0 Å². The Morgan fingerprint density at radius 3 is 2.35 bits per heavy atom. The van der Waals surface area contributed by atoms with Gasteiger partial charge in [0.15, 0.2) is 0 Å². The molecular formula is C19H19NO3. The fourth-order valence-electron chi connectivity index (χ4n) is 3.28. The van der Waals surface area contributed by atoms with Crippen molar-refractivity contribution in [2.45, 2.75) is 26.3 Å². The molecule has 4 nitrogen and oxygen atoms in total. The van der Waals surface area contributed by atoms with Crippen LogP contribution in [0, 0.1) is 13.8 Å². The molecule has 0 saturated carbocycles. The number of benzene rings is 2. The second-order valence-corrected chi connectivity index (χ2v) is 6.04. The highest BCUT2D eigenvalue weighted by molar-refractivity contribution is 5.97. The summed E-state index contributed by atoms with van der Waals surface area (Å²) in [6.07, 6.45) is 0. The first-order chi connectivity index (χ1) is 11.0. The third-order valence-corrected chi connectivity index (χ3v) is 4.47. The van der Waals surface area contributed by atoms with E-state index in [9.17, 15) is 14.7 Å². The first-order valence-electron chi connectivity index (χ1n) is 7.65. The molecule has 1 aliphatic heterocycles. The maximum atomic E-state index is 13.0. The van der Waals surface area contributed by atoms with Crippen molar-refractivity contribution in [3.05, 3.63) is 70.3 Å². The number of carbonyl (C=O) groups is 2. The molecule has 0 spiro atoms. The van der Waals surface area contributed by atoms with Gasteiger partial charge < -0.3 is 10.0 Å². The van der Waals surface area contributed by atoms with Gasteiger partial charge in [-0.1, -0.05) is 42.5 Å². The highest BCUT2D eigenvalue weighted by atomic mass is 16.4. The van der Waals surface area contributed by atoms with Crippen LogP contribution in [0.3, 0.4) is 0 Å². The minimum Gasteiger partial charge on any atom is -0.481 e. The summed E-state index contributed by atoms with van der Waals surface area (Å²) in [5, 5.41) is 9.53. The van der Waals surface area contributed by atoms with Gasteiger partial charge in [0, 0.05) is 18.7 Å². The van der Waals surface area contributed by atoms with Crippen molar-refractivity contribution >= 4 is 11.9 Å². The Bertz CT molecular complexity index is 762. The highest BCUT2D eigenvalue weighted by Gasteiger charge is 2.33. The zero-order valence-corrected chi connectivity index (χ0v) is 13.2. The number of carboxylic acid groups (broad SMARTS) is 1. The van der Waals surface area contributed by atoms with Crippen molar-refractivity contribution in [3.63, 3.8) is 0 Å². The molecule has 0 fully saturated rings. The Labute approximate surface area is 135 Å². The molecule has 1 N–H and O–H groups in total. The standard InChI is InChI=1S/C19H19NO3/c1-12-6-5-7-13(2)17(12)18(21)20-10-14-8-3-4-9-15(14)16(11-20)19(22)23/h3-9,16H,10-11H2,1-2H3,(H,22,23). The van der Waals surface area contributed by atoms with Crippen molar-refractivity contribution in [2.24, 2.45) is 0 Å². The molecule has 1 heterocycles. The zero-order chi connectivity index (χ0) is 16.6. The zero-order valence-electron chi connectivity index (χ0n) is 13.2. The molecule has 2 aromatic carbocycles. The lowest BCUT2D eigenvalue weighted by atomic mass is 9.89. The van der Waals surface area contributed by atoms with E-state index in [1.54, 1.807) is 4.90 Å². The molecule has 3 rings (SSSR count). The Morgan fingerprint density at radius 2 is 1.70 bits per heavy atom. The number of amides is 1. The van der Waals surface area contributed by atoms with Crippen LogP contribution in [0.15, 0.2) is 42.5 Å². The van der Waals surface area contributed by atoms with E-state index in [0.29, 0.717) is 12.1 Å². The summed E-state index contributed by atoms with van der Waals surface area (Å²) in [4.78, 5) is 26.2. The van der Waals surface area contributed by atoms with Crippen LogP contribution >= 0.6 is 0 Å². The summed E-state index contributed by atoms with van der Waals surface area (Å²) in [6, 6.07) is 13.2. The van der Waals surface area contributed by atoms with Gasteiger partial charge in [0.1, 0.15) is 0 Å².